The zero-order chi connectivity index (χ0) is 21.1. The van der Waals surface area contributed by atoms with Gasteiger partial charge < -0.3 is 20.3 Å². The van der Waals surface area contributed by atoms with E-state index < -0.39 is 5.25 Å². The molecule has 0 saturated carbocycles. The fourth-order valence-corrected chi connectivity index (χ4v) is 4.76. The van der Waals surface area contributed by atoms with Gasteiger partial charge in [-0.1, -0.05) is 18.2 Å². The van der Waals surface area contributed by atoms with E-state index in [2.05, 4.69) is 10.6 Å². The van der Waals surface area contributed by atoms with E-state index in [1.54, 1.807) is 18.1 Å². The second-order valence-electron chi connectivity index (χ2n) is 7.30. The number of nitrogens with one attached hydrogen (secondary N) is 2. The molecule has 1 saturated heterocycles. The molecule has 30 heavy (non-hydrogen) atoms. The molecule has 1 atom stereocenters. The Morgan fingerprint density at radius 2 is 1.90 bits per heavy atom. The summed E-state index contributed by atoms with van der Waals surface area (Å²) in [6.07, 6.45) is 1.13. The van der Waals surface area contributed by atoms with Crippen molar-refractivity contribution in [1.82, 2.24) is 4.90 Å². The molecule has 2 aliphatic heterocycles. The number of likely N-dealkylation sites (tertiary alicyclic amines) is 1. The van der Waals surface area contributed by atoms with Crippen LogP contribution in [-0.2, 0) is 14.4 Å². The summed E-state index contributed by atoms with van der Waals surface area (Å²) in [6.45, 7) is 0.919. The number of methoxy groups -OCH3 is 1. The van der Waals surface area contributed by atoms with Gasteiger partial charge in [0.2, 0.25) is 17.7 Å². The van der Waals surface area contributed by atoms with Gasteiger partial charge in [0.05, 0.1) is 12.8 Å². The maximum Gasteiger partial charge on any atom is 0.247 e. The molecule has 156 valence electrons. The zero-order valence-electron chi connectivity index (χ0n) is 16.6. The molecule has 7 nitrogen and oxygen atoms in total. The number of anilines is 2. The Morgan fingerprint density at radius 1 is 1.13 bits per heavy atom. The Kier molecular flexibility index (Phi) is 5.94. The predicted molar refractivity (Wildman–Crippen MR) is 116 cm³/mol. The monoisotopic (exact) mass is 425 g/mol. The van der Waals surface area contributed by atoms with Crippen molar-refractivity contribution in [3.63, 3.8) is 0 Å². The zero-order valence-corrected chi connectivity index (χ0v) is 17.4. The number of ether oxygens (including phenoxy) is 1. The van der Waals surface area contributed by atoms with Gasteiger partial charge in [0.15, 0.2) is 5.25 Å². The first-order chi connectivity index (χ1) is 14.5. The van der Waals surface area contributed by atoms with Gasteiger partial charge in [0, 0.05) is 35.7 Å². The fourth-order valence-electron chi connectivity index (χ4n) is 3.69. The maximum atomic E-state index is 12.9. The second-order valence-corrected chi connectivity index (χ2v) is 8.45. The van der Waals surface area contributed by atoms with E-state index in [1.807, 2.05) is 42.5 Å². The Morgan fingerprint density at radius 3 is 2.67 bits per heavy atom. The first kappa shape index (κ1) is 20.3. The maximum absolute atomic E-state index is 12.9. The fraction of sp³-hybridized carbons (Fsp3) is 0.318. The molecule has 4 rings (SSSR count). The first-order valence-corrected chi connectivity index (χ1v) is 10.7. The quantitative estimate of drug-likeness (QED) is 0.736. The van der Waals surface area contributed by atoms with E-state index >= 15 is 0 Å². The topological polar surface area (TPSA) is 87.7 Å². The van der Waals surface area contributed by atoms with Crippen LogP contribution in [0.5, 0.6) is 5.75 Å². The van der Waals surface area contributed by atoms with Crippen LogP contribution in [-0.4, -0.2) is 48.1 Å². The normalized spacial score (nSPS) is 18.9. The van der Waals surface area contributed by atoms with Crippen molar-refractivity contribution in [3.05, 3.63) is 48.5 Å². The number of amides is 3. The molecule has 3 amide bonds. The predicted octanol–water partition coefficient (Wildman–Crippen LogP) is 2.99. The molecule has 2 heterocycles. The minimum absolute atomic E-state index is 0.0611. The van der Waals surface area contributed by atoms with Crippen LogP contribution < -0.4 is 15.4 Å². The van der Waals surface area contributed by atoms with E-state index in [0.29, 0.717) is 37.4 Å². The third kappa shape index (κ3) is 4.28. The second kappa shape index (κ2) is 8.79. The number of fused-ring (bicyclic) bond motifs is 1. The van der Waals surface area contributed by atoms with Crippen LogP contribution in [0.1, 0.15) is 12.8 Å². The third-order valence-corrected chi connectivity index (χ3v) is 6.63. The van der Waals surface area contributed by atoms with Crippen molar-refractivity contribution in [2.45, 2.75) is 23.0 Å². The molecule has 0 aliphatic carbocycles. The van der Waals surface area contributed by atoms with Crippen LogP contribution >= 0.6 is 11.8 Å². The van der Waals surface area contributed by atoms with E-state index in [9.17, 15) is 14.4 Å². The molecule has 0 radical (unpaired) electrons. The van der Waals surface area contributed by atoms with Crippen molar-refractivity contribution in [3.8, 4) is 5.75 Å². The molecule has 0 aromatic heterocycles. The summed E-state index contributed by atoms with van der Waals surface area (Å²) in [5.74, 6) is -0.0406. The Balaban J connectivity index is 1.33. The van der Waals surface area contributed by atoms with Gasteiger partial charge in [0.25, 0.3) is 0 Å². The minimum Gasteiger partial charge on any atom is -0.497 e. The number of hydrogen-bond donors (Lipinski definition) is 2. The smallest absolute Gasteiger partial charge is 0.247 e. The highest BCUT2D eigenvalue weighted by molar-refractivity contribution is 8.01. The molecule has 8 heteroatoms. The molecular formula is C22H23N3O4S. The van der Waals surface area contributed by atoms with Crippen molar-refractivity contribution in [2.24, 2.45) is 5.92 Å². The van der Waals surface area contributed by atoms with Crippen LogP contribution in [0.3, 0.4) is 0 Å². The number of thioether (sulfide) groups is 1. The summed E-state index contributed by atoms with van der Waals surface area (Å²) in [6, 6.07) is 14.7. The number of hydrogen-bond acceptors (Lipinski definition) is 5. The van der Waals surface area contributed by atoms with Gasteiger partial charge in [-0.05, 0) is 37.1 Å². The highest BCUT2D eigenvalue weighted by Crippen LogP contribution is 2.36. The van der Waals surface area contributed by atoms with Crippen molar-refractivity contribution >= 4 is 40.9 Å². The van der Waals surface area contributed by atoms with Crippen LogP contribution in [0.2, 0.25) is 0 Å². The molecular weight excluding hydrogens is 402 g/mol. The van der Waals surface area contributed by atoms with Gasteiger partial charge in [-0.2, -0.15) is 0 Å². The van der Waals surface area contributed by atoms with E-state index in [0.717, 1.165) is 10.6 Å². The molecule has 0 spiro atoms. The van der Waals surface area contributed by atoms with Crippen LogP contribution in [0.15, 0.2) is 53.4 Å². The number of rotatable bonds is 4. The number of piperidine rings is 1. The third-order valence-electron chi connectivity index (χ3n) is 5.37. The molecule has 2 aliphatic rings. The Labute approximate surface area is 179 Å². The number of carbonyl (C=O) groups excluding carboxylic acids is 3. The molecule has 1 fully saturated rings. The van der Waals surface area contributed by atoms with E-state index in [-0.39, 0.29) is 23.6 Å². The van der Waals surface area contributed by atoms with Crippen molar-refractivity contribution in [1.29, 1.82) is 0 Å². The van der Waals surface area contributed by atoms with Crippen molar-refractivity contribution < 1.29 is 19.1 Å². The summed E-state index contributed by atoms with van der Waals surface area (Å²) in [5.41, 5.74) is 1.43. The molecule has 2 aromatic carbocycles. The van der Waals surface area contributed by atoms with Gasteiger partial charge in [-0.15, -0.1) is 11.8 Å². The number of benzene rings is 2. The average Bonchev–Trinajstić information content (AvgIpc) is 2.78. The molecule has 0 unspecified atom stereocenters. The van der Waals surface area contributed by atoms with Gasteiger partial charge in [-0.25, -0.2) is 0 Å². The number of nitrogens with zero attached hydrogens (tertiary/aromatic N) is 1. The highest BCUT2D eigenvalue weighted by atomic mass is 32.2. The van der Waals surface area contributed by atoms with E-state index in [4.69, 9.17) is 4.74 Å². The molecule has 2 aromatic rings. The minimum atomic E-state index is -0.790. The molecule has 2 N–H and O–H groups in total. The lowest BCUT2D eigenvalue weighted by atomic mass is 9.95. The number of para-hydroxylation sites is 1. The lowest BCUT2D eigenvalue weighted by Gasteiger charge is -2.34. The summed E-state index contributed by atoms with van der Waals surface area (Å²) in [7, 11) is 1.58. The Hall–Kier alpha value is -3.00. The van der Waals surface area contributed by atoms with E-state index in [1.165, 1.54) is 11.8 Å². The summed E-state index contributed by atoms with van der Waals surface area (Å²) in [5, 5.41) is 4.94. The highest BCUT2D eigenvalue weighted by Gasteiger charge is 2.37. The number of carbonyl (C=O) groups is 3. The Bertz CT molecular complexity index is 972. The van der Waals surface area contributed by atoms with Gasteiger partial charge in [-0.3, -0.25) is 14.4 Å². The van der Waals surface area contributed by atoms with Gasteiger partial charge >= 0.3 is 0 Å². The average molecular weight is 426 g/mol. The SMILES string of the molecule is COc1cccc(NC(=O)C2CCN(C(=O)[C@H]3Sc4ccccc4NC3=O)CC2)c1. The lowest BCUT2D eigenvalue weighted by Crippen LogP contribution is -2.48. The first-order valence-electron chi connectivity index (χ1n) is 9.85. The standard InChI is InChI=1S/C22H23N3O4S/c1-29-16-6-4-5-15(13-16)23-20(26)14-9-11-25(12-10-14)22(28)19-21(27)24-17-7-2-3-8-18(17)30-19/h2-8,13-14,19H,9-12H2,1H3,(H,23,26)(H,24,27)/t19-/m0/s1. The lowest BCUT2D eigenvalue weighted by molar-refractivity contribution is -0.136. The summed E-state index contributed by atoms with van der Waals surface area (Å²) < 4.78 is 5.18. The van der Waals surface area contributed by atoms with Crippen LogP contribution in [0.25, 0.3) is 0 Å². The van der Waals surface area contributed by atoms with Gasteiger partial charge in [0.1, 0.15) is 5.75 Å². The van der Waals surface area contributed by atoms with Crippen LogP contribution in [0.4, 0.5) is 11.4 Å². The molecule has 0 bridgehead atoms. The summed E-state index contributed by atoms with van der Waals surface area (Å²) in [4.78, 5) is 40.6. The largest absolute Gasteiger partial charge is 0.497 e. The summed E-state index contributed by atoms with van der Waals surface area (Å²) >= 11 is 1.28. The van der Waals surface area contributed by atoms with Crippen LogP contribution in [0, 0.1) is 5.92 Å². The van der Waals surface area contributed by atoms with Crippen molar-refractivity contribution in [2.75, 3.05) is 30.8 Å².